The highest BCUT2D eigenvalue weighted by atomic mass is 16.5. The van der Waals surface area contributed by atoms with E-state index in [-0.39, 0.29) is 36.5 Å². The molecule has 0 spiro atoms. The number of nitrogens with one attached hydrogen (secondary N) is 1. The van der Waals surface area contributed by atoms with Crippen molar-refractivity contribution < 1.29 is 34.3 Å². The van der Waals surface area contributed by atoms with E-state index in [1.54, 1.807) is 0 Å². The van der Waals surface area contributed by atoms with Crippen LogP contribution in [-0.2, 0) is 24.0 Å². The maximum absolute atomic E-state index is 11.4. The zero-order chi connectivity index (χ0) is 19.7. The molecule has 1 saturated carbocycles. The number of hydroxylamine groups is 1. The zero-order valence-electron chi connectivity index (χ0n) is 14.2. The van der Waals surface area contributed by atoms with Gasteiger partial charge in [-0.2, -0.15) is 0 Å². The lowest BCUT2D eigenvalue weighted by Crippen LogP contribution is -2.36. The Morgan fingerprint density at radius 3 is 2.04 bits per heavy atom. The van der Waals surface area contributed by atoms with Gasteiger partial charge in [0.05, 0.1) is 5.92 Å². The van der Waals surface area contributed by atoms with E-state index in [0.717, 1.165) is 12.8 Å². The Kier molecular flexibility index (Phi) is 8.43. The number of aliphatic carboxylic acids is 1. The minimum atomic E-state index is -0.738. The van der Waals surface area contributed by atoms with Crippen LogP contribution in [0.3, 0.4) is 0 Å². The Hall–Kier alpha value is -2.75. The molecule has 1 aliphatic carbocycles. The normalized spacial score (nSPS) is 21.8. The second kappa shape index (κ2) is 10.3. The van der Waals surface area contributed by atoms with Crippen molar-refractivity contribution in [2.24, 2.45) is 17.6 Å². The monoisotopic (exact) mass is 369 g/mol. The van der Waals surface area contributed by atoms with Gasteiger partial charge in [-0.05, 0) is 31.6 Å². The van der Waals surface area contributed by atoms with Crippen molar-refractivity contribution in [3.8, 4) is 0 Å². The van der Waals surface area contributed by atoms with Crippen molar-refractivity contribution in [1.82, 2.24) is 10.4 Å². The molecule has 0 aromatic carbocycles. The number of carboxylic acid groups (broad SMARTS) is 1. The number of imide groups is 1. The summed E-state index contributed by atoms with van der Waals surface area (Å²) in [6.45, 7) is 0.428. The first kappa shape index (κ1) is 21.3. The summed E-state index contributed by atoms with van der Waals surface area (Å²) in [5, 5.41) is 16.8. The van der Waals surface area contributed by atoms with E-state index in [0.29, 0.717) is 19.4 Å². The number of amides is 4. The third-order valence-electron chi connectivity index (χ3n) is 4.26. The van der Waals surface area contributed by atoms with E-state index in [9.17, 15) is 24.0 Å². The van der Waals surface area contributed by atoms with Gasteiger partial charge in [-0.15, -0.1) is 0 Å². The van der Waals surface area contributed by atoms with Crippen LogP contribution in [0.25, 0.3) is 0 Å². The first-order chi connectivity index (χ1) is 12.2. The first-order valence-corrected chi connectivity index (χ1v) is 8.22. The van der Waals surface area contributed by atoms with Crippen molar-refractivity contribution in [1.29, 1.82) is 0 Å². The number of carbonyl (C=O) groups excluding carboxylic acids is 4. The van der Waals surface area contributed by atoms with Crippen LogP contribution in [0.5, 0.6) is 0 Å². The second-order valence-corrected chi connectivity index (χ2v) is 6.18. The lowest BCUT2D eigenvalue weighted by molar-refractivity contribution is -0.144. The second-order valence-electron chi connectivity index (χ2n) is 6.18. The molecule has 0 bridgehead atoms. The number of nitrogens with zero attached hydrogens (tertiary/aromatic N) is 1. The maximum atomic E-state index is 11.4. The predicted molar refractivity (Wildman–Crippen MR) is 87.3 cm³/mol. The molecule has 26 heavy (non-hydrogen) atoms. The van der Waals surface area contributed by atoms with Gasteiger partial charge in [0.15, 0.2) is 0 Å². The Morgan fingerprint density at radius 1 is 1.08 bits per heavy atom. The number of hydrogen-bond donors (Lipinski definition) is 4. The average Bonchev–Trinajstić information content (AvgIpc) is 2.92. The van der Waals surface area contributed by atoms with E-state index < -0.39 is 17.8 Å². The summed E-state index contributed by atoms with van der Waals surface area (Å²) in [6.07, 6.45) is 5.30. The van der Waals surface area contributed by atoms with Crippen LogP contribution in [0.15, 0.2) is 12.2 Å². The van der Waals surface area contributed by atoms with Crippen molar-refractivity contribution in [3.05, 3.63) is 12.2 Å². The molecular formula is C16H23N3O7. The fraction of sp³-hybridized carbons (Fsp3) is 0.562. The van der Waals surface area contributed by atoms with Crippen LogP contribution >= 0.6 is 0 Å². The molecule has 0 atom stereocenters. The van der Waals surface area contributed by atoms with Gasteiger partial charge in [0, 0.05) is 31.5 Å². The molecule has 1 heterocycles. The number of nitrogens with two attached hydrogens (primary N) is 1. The van der Waals surface area contributed by atoms with Crippen LogP contribution in [-0.4, -0.2) is 51.4 Å². The predicted octanol–water partition coefficient (Wildman–Crippen LogP) is -0.440. The van der Waals surface area contributed by atoms with E-state index in [1.165, 1.54) is 22.5 Å². The van der Waals surface area contributed by atoms with Crippen molar-refractivity contribution >= 4 is 29.6 Å². The topological polar surface area (TPSA) is 167 Å². The third kappa shape index (κ3) is 7.01. The molecule has 1 aliphatic heterocycles. The summed E-state index contributed by atoms with van der Waals surface area (Å²) in [6, 6.07) is 0. The van der Waals surface area contributed by atoms with Gasteiger partial charge in [-0.25, -0.2) is 5.48 Å². The highest BCUT2D eigenvalue weighted by Crippen LogP contribution is 2.29. The van der Waals surface area contributed by atoms with Gasteiger partial charge in [0.1, 0.15) is 0 Å². The van der Waals surface area contributed by atoms with Gasteiger partial charge in [-0.1, -0.05) is 0 Å². The van der Waals surface area contributed by atoms with Crippen LogP contribution in [0.4, 0.5) is 0 Å². The van der Waals surface area contributed by atoms with E-state index >= 15 is 0 Å². The summed E-state index contributed by atoms with van der Waals surface area (Å²) < 4.78 is 0. The van der Waals surface area contributed by atoms with Gasteiger partial charge in [0.25, 0.3) is 11.8 Å². The maximum Gasteiger partial charge on any atom is 0.306 e. The number of rotatable bonds is 6. The summed E-state index contributed by atoms with van der Waals surface area (Å²) in [7, 11) is 0. The third-order valence-corrected chi connectivity index (χ3v) is 4.26. The minimum absolute atomic E-state index is 0.0353. The summed E-state index contributed by atoms with van der Waals surface area (Å²) in [5.41, 5.74) is 6.07. The number of carbonyl (C=O) groups is 5. The highest BCUT2D eigenvalue weighted by Gasteiger charge is 2.30. The summed E-state index contributed by atoms with van der Waals surface area (Å²) in [4.78, 5) is 54.9. The molecule has 0 aromatic heterocycles. The van der Waals surface area contributed by atoms with Gasteiger partial charge in [-0.3, -0.25) is 34.1 Å². The van der Waals surface area contributed by atoms with Crippen molar-refractivity contribution in [2.45, 2.75) is 38.5 Å². The standard InChI is InChI=1S/C12H15NO4.C4H8N2O3/c14-10-5-6-11(15)13(10)7-8-1-3-9(4-2-8)12(16)17;5-3(7)1-2-4(8)6-9/h5-6,8-9H,1-4,7H2,(H,16,17);9H,1-2H2,(H2,5,7)(H,6,8). The Bertz CT molecular complexity index is 577. The quantitative estimate of drug-likeness (QED) is 0.279. The molecule has 1 fully saturated rings. The Balaban J connectivity index is 0.000000321. The first-order valence-electron chi connectivity index (χ1n) is 8.22. The van der Waals surface area contributed by atoms with Crippen LogP contribution in [0.2, 0.25) is 0 Å². The summed E-state index contributed by atoms with van der Waals surface area (Å²) >= 11 is 0. The van der Waals surface area contributed by atoms with E-state index in [4.69, 9.17) is 16.0 Å². The highest BCUT2D eigenvalue weighted by molar-refractivity contribution is 6.12. The molecule has 144 valence electrons. The number of carboxylic acids is 1. The molecule has 5 N–H and O–H groups in total. The molecule has 0 saturated heterocycles. The van der Waals surface area contributed by atoms with E-state index in [2.05, 4.69) is 0 Å². The van der Waals surface area contributed by atoms with Gasteiger partial charge >= 0.3 is 5.97 Å². The molecule has 0 unspecified atom stereocenters. The lowest BCUT2D eigenvalue weighted by atomic mass is 9.82. The average molecular weight is 369 g/mol. The molecule has 0 aromatic rings. The van der Waals surface area contributed by atoms with Crippen molar-refractivity contribution in [2.75, 3.05) is 6.54 Å². The van der Waals surface area contributed by atoms with Gasteiger partial charge in [0.2, 0.25) is 11.8 Å². The molecular weight excluding hydrogens is 346 g/mol. The van der Waals surface area contributed by atoms with Crippen LogP contribution in [0.1, 0.15) is 38.5 Å². The Labute approximate surface area is 150 Å². The molecule has 2 rings (SSSR count). The van der Waals surface area contributed by atoms with Crippen LogP contribution < -0.4 is 11.2 Å². The minimum Gasteiger partial charge on any atom is -0.481 e. The fourth-order valence-corrected chi connectivity index (χ4v) is 2.75. The lowest BCUT2D eigenvalue weighted by Gasteiger charge is -2.28. The molecule has 2 aliphatic rings. The molecule has 4 amide bonds. The van der Waals surface area contributed by atoms with E-state index in [1.807, 2.05) is 0 Å². The number of hydrogen-bond acceptors (Lipinski definition) is 6. The van der Waals surface area contributed by atoms with Gasteiger partial charge < -0.3 is 10.8 Å². The smallest absolute Gasteiger partial charge is 0.306 e. The zero-order valence-corrected chi connectivity index (χ0v) is 14.2. The fourth-order valence-electron chi connectivity index (χ4n) is 2.75. The number of primary amides is 1. The summed E-state index contributed by atoms with van der Waals surface area (Å²) in [5.74, 6) is -2.41. The Morgan fingerprint density at radius 2 is 1.62 bits per heavy atom. The van der Waals surface area contributed by atoms with Crippen molar-refractivity contribution in [3.63, 3.8) is 0 Å². The molecule has 10 heteroatoms. The SMILES string of the molecule is NC(=O)CCC(=O)NO.O=C(O)C1CCC(CN2C(=O)C=CC2=O)CC1. The largest absolute Gasteiger partial charge is 0.481 e. The molecule has 10 nitrogen and oxygen atoms in total. The van der Waals surface area contributed by atoms with Crippen LogP contribution in [0, 0.1) is 11.8 Å². The molecule has 0 radical (unpaired) electrons.